The van der Waals surface area contributed by atoms with Gasteiger partial charge in [-0.05, 0) is 92.4 Å². The molecule has 43 heavy (non-hydrogen) atoms. The smallest absolute Gasteiger partial charge is 0.262 e. The second-order valence-corrected chi connectivity index (χ2v) is 11.1. The highest BCUT2D eigenvalue weighted by atomic mass is 16.5. The first-order valence-electron chi connectivity index (χ1n) is 15.2. The van der Waals surface area contributed by atoms with Gasteiger partial charge in [-0.15, -0.1) is 0 Å². The lowest BCUT2D eigenvalue weighted by Gasteiger charge is -2.24. The number of hydrogen-bond acceptors (Lipinski definition) is 6. The van der Waals surface area contributed by atoms with E-state index < -0.39 is 0 Å². The molecule has 0 aromatic heterocycles. The van der Waals surface area contributed by atoms with Crippen LogP contribution in [0.2, 0.25) is 0 Å². The summed E-state index contributed by atoms with van der Waals surface area (Å²) in [4.78, 5) is 39.7. The largest absolute Gasteiger partial charge is 0.494 e. The van der Waals surface area contributed by atoms with Gasteiger partial charge in [-0.2, -0.15) is 0 Å². The predicted octanol–water partition coefficient (Wildman–Crippen LogP) is 5.75. The maximum Gasteiger partial charge on any atom is 0.262 e. The van der Waals surface area contributed by atoms with Crippen molar-refractivity contribution in [2.45, 2.75) is 64.0 Å². The molecule has 9 heteroatoms. The number of benzene rings is 3. The first-order chi connectivity index (χ1) is 21.0. The molecule has 0 unspecified atom stereocenters. The minimum Gasteiger partial charge on any atom is -0.494 e. The number of nitrogens with zero attached hydrogens (tertiary/aromatic N) is 1. The van der Waals surface area contributed by atoms with E-state index in [1.165, 1.54) is 19.3 Å². The molecule has 0 radical (unpaired) electrons. The highest BCUT2D eigenvalue weighted by molar-refractivity contribution is 6.04. The van der Waals surface area contributed by atoms with E-state index >= 15 is 0 Å². The van der Waals surface area contributed by atoms with Gasteiger partial charge in [0.05, 0.1) is 12.3 Å². The van der Waals surface area contributed by atoms with Crippen LogP contribution in [0.25, 0.3) is 0 Å². The second kappa shape index (κ2) is 14.7. The van der Waals surface area contributed by atoms with Gasteiger partial charge in [-0.25, -0.2) is 0 Å². The van der Waals surface area contributed by atoms with E-state index in [0.717, 1.165) is 50.0 Å². The molecule has 1 fully saturated rings. The van der Waals surface area contributed by atoms with Gasteiger partial charge in [0.15, 0.2) is 6.61 Å². The summed E-state index contributed by atoms with van der Waals surface area (Å²) in [5, 5.41) is 5.69. The number of amides is 3. The van der Waals surface area contributed by atoms with Gasteiger partial charge in [-0.3, -0.25) is 14.4 Å². The predicted molar refractivity (Wildman–Crippen MR) is 167 cm³/mol. The van der Waals surface area contributed by atoms with Crippen LogP contribution in [0.1, 0.15) is 77.6 Å². The molecule has 4 N–H and O–H groups in total. The minimum absolute atomic E-state index is 0.0621. The van der Waals surface area contributed by atoms with Crippen molar-refractivity contribution in [1.29, 1.82) is 0 Å². The summed E-state index contributed by atoms with van der Waals surface area (Å²) >= 11 is 0. The average Bonchev–Trinajstić information content (AvgIpc) is 3.87. The summed E-state index contributed by atoms with van der Waals surface area (Å²) in [6, 6.07) is 20.0. The van der Waals surface area contributed by atoms with E-state index in [-0.39, 0.29) is 30.4 Å². The molecule has 0 spiro atoms. The monoisotopic (exact) mass is 584 g/mol. The van der Waals surface area contributed by atoms with Gasteiger partial charge in [0.2, 0.25) is 0 Å². The zero-order valence-electron chi connectivity index (χ0n) is 24.5. The van der Waals surface area contributed by atoms with Crippen molar-refractivity contribution in [3.63, 3.8) is 0 Å². The van der Waals surface area contributed by atoms with Crippen molar-refractivity contribution in [2.75, 3.05) is 30.4 Å². The number of hydrogen-bond donors (Lipinski definition) is 3. The normalized spacial score (nSPS) is 13.8. The van der Waals surface area contributed by atoms with Crippen molar-refractivity contribution in [2.24, 2.45) is 5.73 Å². The zero-order valence-corrected chi connectivity index (χ0v) is 24.5. The Labute approximate surface area is 252 Å². The number of nitrogens with one attached hydrogen (secondary N) is 2. The topological polar surface area (TPSA) is 123 Å². The number of fused-ring (bicyclic) bond motifs is 1. The first kappa shape index (κ1) is 30.1. The maximum atomic E-state index is 13.4. The summed E-state index contributed by atoms with van der Waals surface area (Å²) < 4.78 is 11.3. The summed E-state index contributed by atoms with van der Waals surface area (Å²) in [6.45, 7) is 1.83. The van der Waals surface area contributed by atoms with E-state index in [1.54, 1.807) is 30.3 Å². The Hall–Kier alpha value is -4.37. The standard InChI is InChI=1S/C34H40N4O5/c35-19-5-3-1-2-4-6-20-42-29-16-12-27(13-17-29)36-33(40)25-9-7-24(8-10-25)22-38(28-14-15-28)34(41)26-11-18-30-31(21-26)43-23-32(39)37-30/h7-13,16-18,21,28H,1-6,14-15,19-20,22-23,35H2,(H,36,40)(H,37,39). The lowest BCUT2D eigenvalue weighted by Crippen LogP contribution is -2.33. The number of rotatable bonds is 15. The van der Waals surface area contributed by atoms with E-state index in [0.29, 0.717) is 41.4 Å². The number of unbranched alkanes of at least 4 members (excludes halogenated alkanes) is 5. The molecule has 3 amide bonds. The number of ether oxygens (including phenoxy) is 2. The second-order valence-electron chi connectivity index (χ2n) is 11.1. The molecular weight excluding hydrogens is 544 g/mol. The highest BCUT2D eigenvalue weighted by Crippen LogP contribution is 2.33. The lowest BCUT2D eigenvalue weighted by molar-refractivity contribution is -0.118. The molecule has 1 saturated carbocycles. The van der Waals surface area contributed by atoms with Gasteiger partial charge >= 0.3 is 0 Å². The van der Waals surface area contributed by atoms with Gasteiger partial charge in [0.25, 0.3) is 17.7 Å². The van der Waals surface area contributed by atoms with Crippen LogP contribution in [-0.4, -0.2) is 48.4 Å². The Bertz CT molecular complexity index is 1400. The Morgan fingerprint density at radius 2 is 1.60 bits per heavy atom. The first-order valence-corrected chi connectivity index (χ1v) is 15.2. The zero-order chi connectivity index (χ0) is 30.0. The fourth-order valence-electron chi connectivity index (χ4n) is 5.07. The fraction of sp³-hybridized carbons (Fsp3) is 0.382. The highest BCUT2D eigenvalue weighted by Gasteiger charge is 2.33. The summed E-state index contributed by atoms with van der Waals surface area (Å²) in [5.74, 6) is 0.788. The third-order valence-corrected chi connectivity index (χ3v) is 7.66. The summed E-state index contributed by atoms with van der Waals surface area (Å²) in [7, 11) is 0. The van der Waals surface area contributed by atoms with Crippen molar-refractivity contribution in [3.05, 3.63) is 83.4 Å². The van der Waals surface area contributed by atoms with E-state index in [4.69, 9.17) is 15.2 Å². The Morgan fingerprint density at radius 1 is 0.907 bits per heavy atom. The number of anilines is 2. The molecule has 0 bridgehead atoms. The van der Waals surface area contributed by atoms with Crippen LogP contribution in [-0.2, 0) is 11.3 Å². The molecular formula is C34H40N4O5. The average molecular weight is 585 g/mol. The van der Waals surface area contributed by atoms with Crippen molar-refractivity contribution < 1.29 is 23.9 Å². The maximum absolute atomic E-state index is 13.4. The van der Waals surface area contributed by atoms with Crippen LogP contribution in [0, 0.1) is 0 Å². The molecule has 1 heterocycles. The molecule has 1 aliphatic carbocycles. The third kappa shape index (κ3) is 8.58. The molecule has 226 valence electrons. The summed E-state index contributed by atoms with van der Waals surface area (Å²) in [6.07, 6.45) is 8.83. The molecule has 0 saturated heterocycles. The summed E-state index contributed by atoms with van der Waals surface area (Å²) in [5.41, 5.74) is 8.78. The quantitative estimate of drug-likeness (QED) is 0.196. The van der Waals surface area contributed by atoms with Crippen molar-refractivity contribution in [3.8, 4) is 11.5 Å². The van der Waals surface area contributed by atoms with E-state index in [9.17, 15) is 14.4 Å². The lowest BCUT2D eigenvalue weighted by atomic mass is 10.1. The molecule has 5 rings (SSSR count). The van der Waals surface area contributed by atoms with Crippen LogP contribution < -0.4 is 25.8 Å². The van der Waals surface area contributed by atoms with Gasteiger partial charge in [-0.1, -0.05) is 37.8 Å². The molecule has 0 atom stereocenters. The number of carbonyl (C=O) groups is 3. The Kier molecular flexibility index (Phi) is 10.3. The van der Waals surface area contributed by atoms with Gasteiger partial charge in [0, 0.05) is 29.4 Å². The number of nitrogens with two attached hydrogens (primary N) is 1. The van der Waals surface area contributed by atoms with E-state index in [1.807, 2.05) is 41.3 Å². The molecule has 1 aliphatic heterocycles. The molecule has 2 aliphatic rings. The van der Waals surface area contributed by atoms with Crippen molar-refractivity contribution >= 4 is 29.1 Å². The van der Waals surface area contributed by atoms with Gasteiger partial charge in [0.1, 0.15) is 11.5 Å². The fourth-order valence-corrected chi connectivity index (χ4v) is 5.07. The Balaban J connectivity index is 1.10. The molecule has 3 aromatic rings. The van der Waals surface area contributed by atoms with Crippen LogP contribution in [0.15, 0.2) is 66.7 Å². The Morgan fingerprint density at radius 3 is 2.33 bits per heavy atom. The minimum atomic E-state index is -0.211. The number of carbonyl (C=O) groups excluding carboxylic acids is 3. The van der Waals surface area contributed by atoms with Gasteiger partial charge < -0.3 is 30.7 Å². The van der Waals surface area contributed by atoms with Crippen LogP contribution >= 0.6 is 0 Å². The van der Waals surface area contributed by atoms with E-state index in [2.05, 4.69) is 10.6 Å². The van der Waals surface area contributed by atoms with Crippen LogP contribution in [0.4, 0.5) is 11.4 Å². The van der Waals surface area contributed by atoms with Crippen LogP contribution in [0.3, 0.4) is 0 Å². The van der Waals surface area contributed by atoms with Crippen molar-refractivity contribution in [1.82, 2.24) is 4.90 Å². The van der Waals surface area contributed by atoms with Crippen LogP contribution in [0.5, 0.6) is 11.5 Å². The molecule has 9 nitrogen and oxygen atoms in total. The SMILES string of the molecule is NCCCCCCCCOc1ccc(NC(=O)c2ccc(CN(C(=O)c3ccc4c(c3)OCC(=O)N4)C3CC3)cc2)cc1. The molecule has 3 aromatic carbocycles. The third-order valence-electron chi connectivity index (χ3n) is 7.66.